The molecular weight excluding hydrogens is 841 g/mol. The van der Waals surface area contributed by atoms with Crippen molar-refractivity contribution in [3.8, 4) is 62.1 Å². The molecule has 3 heterocycles. The Balaban J connectivity index is 0.965. The highest BCUT2D eigenvalue weighted by molar-refractivity contribution is 6.09. The molecule has 0 fully saturated rings. The molecule has 0 unspecified atom stereocenters. The zero-order chi connectivity index (χ0) is 46.3. The molecule has 0 saturated heterocycles. The normalized spacial score (nSPS) is 11.7. The zero-order valence-corrected chi connectivity index (χ0v) is 38.5. The highest BCUT2D eigenvalue weighted by Gasteiger charge is 2.23. The third-order valence-electron chi connectivity index (χ3n) is 13.4. The molecule has 0 N–H and O–H groups in total. The summed E-state index contributed by atoms with van der Waals surface area (Å²) in [6, 6.07) is 83.5. The number of ether oxygens (including phenoxy) is 1. The first-order valence-corrected chi connectivity index (χ1v) is 23.6. The van der Waals surface area contributed by atoms with Crippen molar-refractivity contribution in [1.82, 2.24) is 14.1 Å². The minimum Gasteiger partial charge on any atom is -0.458 e. The van der Waals surface area contributed by atoms with Crippen molar-refractivity contribution in [3.05, 3.63) is 260 Å². The van der Waals surface area contributed by atoms with Gasteiger partial charge >= 0.3 is 0 Å². The van der Waals surface area contributed by atoms with Gasteiger partial charge in [0.1, 0.15) is 17.3 Å². The second-order valence-electron chi connectivity index (χ2n) is 18.4. The molecule has 0 aliphatic carbocycles. The Morgan fingerprint density at radius 1 is 0.493 bits per heavy atom. The lowest BCUT2D eigenvalue weighted by Crippen LogP contribution is -2.31. The Labute approximate surface area is 402 Å². The topological polar surface area (TPSA) is 35.9 Å². The molecule has 12 rings (SSSR count). The number of hydrogen-bond acceptors (Lipinski definition) is 2. The van der Waals surface area contributed by atoms with Gasteiger partial charge in [-0.2, -0.15) is 0 Å². The first-order valence-electron chi connectivity index (χ1n) is 23.6. The first-order chi connectivity index (χ1) is 33.9. The minimum absolute atomic E-state index is 0.0515. The quantitative estimate of drug-likeness (QED) is 0.0958. The van der Waals surface area contributed by atoms with E-state index in [1.165, 1.54) is 16.5 Å². The molecule has 330 valence electrons. The Bertz CT molecular complexity index is 3740. The van der Waals surface area contributed by atoms with Gasteiger partial charge in [0.2, 0.25) is 0 Å². The fraction of sp³-hybridized carbons (Fsp3) is 0.0625. The Hall–Kier alpha value is -8.80. The zero-order valence-electron chi connectivity index (χ0n) is 38.5. The van der Waals surface area contributed by atoms with Crippen LogP contribution in [0.3, 0.4) is 0 Å². The molecule has 9 aromatic carbocycles. The van der Waals surface area contributed by atoms with Crippen molar-refractivity contribution in [2.24, 2.45) is 0 Å². The average Bonchev–Trinajstić information content (AvgIpc) is 3.95. The Kier molecular flexibility index (Phi) is 10.5. The number of aromatic nitrogens is 4. The molecule has 0 saturated carbocycles. The van der Waals surface area contributed by atoms with Crippen molar-refractivity contribution in [2.75, 3.05) is 0 Å². The van der Waals surface area contributed by atoms with Gasteiger partial charge in [0.15, 0.2) is 0 Å². The fourth-order valence-corrected chi connectivity index (χ4v) is 10.0. The second-order valence-corrected chi connectivity index (χ2v) is 18.4. The molecule has 0 amide bonds. The molecule has 0 radical (unpaired) electrons. The van der Waals surface area contributed by atoms with Crippen LogP contribution in [-0.2, 0) is 11.8 Å². The summed E-state index contributed by atoms with van der Waals surface area (Å²) >= 11 is 0. The van der Waals surface area contributed by atoms with Crippen molar-refractivity contribution >= 4 is 32.8 Å². The number of fused-ring (bicyclic) bond motifs is 4. The standard InChI is InChI=1S/C64H48N4O/c1-64(2,50-25-13-6-14-26-50)43-45-37-38-65-62(39-45)68-58-32-16-15-29-56(58)57-35-34-53(42-60(57)68)69-52-28-17-27-51(41-52)66-44-67(61-40-49(33-36-59(61)66)46-19-7-3-8-20-46)63-54(47-21-9-4-10-22-47)30-18-31-55(63)48-23-11-5-12-24-48/h3-42H,43H2,1-2H3. The summed E-state index contributed by atoms with van der Waals surface area (Å²) in [6.45, 7) is 4.62. The maximum absolute atomic E-state index is 6.84. The predicted molar refractivity (Wildman–Crippen MR) is 282 cm³/mol. The molecule has 3 aromatic heterocycles. The molecule has 69 heavy (non-hydrogen) atoms. The van der Waals surface area contributed by atoms with Crippen LogP contribution in [0, 0.1) is 6.33 Å². The van der Waals surface area contributed by atoms with Gasteiger partial charge in [0, 0.05) is 23.0 Å². The van der Waals surface area contributed by atoms with Crippen LogP contribution in [0.5, 0.6) is 11.5 Å². The molecule has 12 aromatic rings. The summed E-state index contributed by atoms with van der Waals surface area (Å²) < 4.78 is 13.5. The maximum atomic E-state index is 6.84. The van der Waals surface area contributed by atoms with Crippen LogP contribution in [0.2, 0.25) is 0 Å². The van der Waals surface area contributed by atoms with Crippen LogP contribution >= 0.6 is 0 Å². The summed E-state index contributed by atoms with van der Waals surface area (Å²) in [7, 11) is 0. The van der Waals surface area contributed by atoms with Gasteiger partial charge in [-0.25, -0.2) is 4.98 Å². The van der Waals surface area contributed by atoms with Crippen LogP contribution in [0.15, 0.2) is 243 Å². The maximum Gasteiger partial charge on any atom is 0.269 e. The van der Waals surface area contributed by atoms with Gasteiger partial charge < -0.3 is 4.74 Å². The van der Waals surface area contributed by atoms with E-state index in [1.807, 2.05) is 12.3 Å². The van der Waals surface area contributed by atoms with Crippen LogP contribution in [0.1, 0.15) is 25.0 Å². The highest BCUT2D eigenvalue weighted by atomic mass is 16.5. The monoisotopic (exact) mass is 888 g/mol. The van der Waals surface area contributed by atoms with E-state index in [0.29, 0.717) is 0 Å². The summed E-state index contributed by atoms with van der Waals surface area (Å²) in [5.41, 5.74) is 15.4. The number of benzene rings is 9. The highest BCUT2D eigenvalue weighted by Crippen LogP contribution is 2.38. The molecule has 5 nitrogen and oxygen atoms in total. The Morgan fingerprint density at radius 3 is 1.84 bits per heavy atom. The smallest absolute Gasteiger partial charge is 0.269 e. The van der Waals surface area contributed by atoms with Gasteiger partial charge in [-0.05, 0) is 111 Å². The van der Waals surface area contributed by atoms with Crippen molar-refractivity contribution in [1.29, 1.82) is 0 Å². The van der Waals surface area contributed by atoms with Crippen LogP contribution < -0.4 is 9.30 Å². The van der Waals surface area contributed by atoms with E-state index in [4.69, 9.17) is 9.72 Å². The molecule has 0 aliphatic heterocycles. The largest absolute Gasteiger partial charge is 0.458 e. The summed E-state index contributed by atoms with van der Waals surface area (Å²) in [6.07, 6.45) is 6.69. The van der Waals surface area contributed by atoms with Crippen molar-refractivity contribution < 1.29 is 9.30 Å². The summed E-state index contributed by atoms with van der Waals surface area (Å²) in [5.74, 6) is 2.33. The van der Waals surface area contributed by atoms with Gasteiger partial charge in [-0.1, -0.05) is 190 Å². The number of pyridine rings is 1. The van der Waals surface area contributed by atoms with Crippen LogP contribution in [0.25, 0.3) is 83.4 Å². The van der Waals surface area contributed by atoms with Gasteiger partial charge in [0.05, 0.1) is 33.4 Å². The number of rotatable bonds is 11. The molecule has 0 spiro atoms. The number of imidazole rings is 1. The van der Waals surface area contributed by atoms with E-state index < -0.39 is 0 Å². The average molecular weight is 889 g/mol. The van der Waals surface area contributed by atoms with Crippen LogP contribution in [0.4, 0.5) is 0 Å². The van der Waals surface area contributed by atoms with Crippen LogP contribution in [-0.4, -0.2) is 14.1 Å². The number of para-hydroxylation sites is 2. The SMILES string of the molecule is CC(C)(Cc1ccnc(-n2c3ccccc3c3ccc(Oc4cccc(-n5[c-][n+](-c6c(-c7ccccc7)cccc6-c6ccccc6)c6cc(-c7ccccc7)ccc65)c4)cc32)c1)c1ccccc1. The Morgan fingerprint density at radius 2 is 1.12 bits per heavy atom. The van der Waals surface area contributed by atoms with Gasteiger partial charge in [-0.3, -0.25) is 13.7 Å². The summed E-state index contributed by atoms with van der Waals surface area (Å²) in [5, 5.41) is 2.31. The van der Waals surface area contributed by atoms with Crippen molar-refractivity contribution in [2.45, 2.75) is 25.7 Å². The van der Waals surface area contributed by atoms with E-state index >= 15 is 0 Å². The fourth-order valence-electron chi connectivity index (χ4n) is 10.0. The molecule has 5 heteroatoms. The third kappa shape index (κ3) is 7.84. The minimum atomic E-state index is -0.0515. The first kappa shape index (κ1) is 41.6. The van der Waals surface area contributed by atoms with E-state index in [0.717, 1.165) is 95.9 Å². The molecule has 0 aliphatic rings. The van der Waals surface area contributed by atoms with E-state index in [2.05, 4.69) is 264 Å². The number of hydrogen-bond donors (Lipinski definition) is 0. The predicted octanol–water partition coefficient (Wildman–Crippen LogP) is 15.5. The molecule has 0 atom stereocenters. The summed E-state index contributed by atoms with van der Waals surface area (Å²) in [4.78, 5) is 4.97. The molecule has 0 bridgehead atoms. The lowest BCUT2D eigenvalue weighted by atomic mass is 9.79. The third-order valence-corrected chi connectivity index (χ3v) is 13.4. The lowest BCUT2D eigenvalue weighted by molar-refractivity contribution is -0.571. The second kappa shape index (κ2) is 17.4. The van der Waals surface area contributed by atoms with Gasteiger partial charge in [0.25, 0.3) is 6.33 Å². The van der Waals surface area contributed by atoms with Gasteiger partial charge in [-0.15, -0.1) is 0 Å². The number of nitrogens with zero attached hydrogens (tertiary/aromatic N) is 4. The van der Waals surface area contributed by atoms with Crippen molar-refractivity contribution in [3.63, 3.8) is 0 Å². The molecular formula is C64H48N4O. The van der Waals surface area contributed by atoms with E-state index in [-0.39, 0.29) is 5.41 Å². The van der Waals surface area contributed by atoms with E-state index in [9.17, 15) is 0 Å². The lowest BCUT2D eigenvalue weighted by Gasteiger charge is -2.25. The van der Waals surface area contributed by atoms with E-state index in [1.54, 1.807) is 0 Å².